The van der Waals surface area contributed by atoms with Gasteiger partial charge in [0.2, 0.25) is 5.88 Å². The van der Waals surface area contributed by atoms with Crippen LogP contribution in [0.15, 0.2) is 12.1 Å². The number of methoxy groups -OCH3 is 1. The largest absolute Gasteiger partial charge is 0.481 e. The van der Waals surface area contributed by atoms with Crippen LogP contribution in [0, 0.1) is 0 Å². The fourth-order valence-electron chi connectivity index (χ4n) is 1.80. The summed E-state index contributed by atoms with van der Waals surface area (Å²) in [6, 6.07) is 3.63. The SMILES string of the molecule is CCN(CCCN(C)C)c1nc(OC)ccc1N. The highest BCUT2D eigenvalue weighted by Gasteiger charge is 2.11. The number of nitrogens with zero attached hydrogens (tertiary/aromatic N) is 3. The molecule has 18 heavy (non-hydrogen) atoms. The van der Waals surface area contributed by atoms with E-state index >= 15 is 0 Å². The van der Waals surface area contributed by atoms with E-state index in [9.17, 15) is 0 Å². The first-order valence-corrected chi connectivity index (χ1v) is 6.28. The van der Waals surface area contributed by atoms with Crippen LogP contribution in [0.5, 0.6) is 5.88 Å². The summed E-state index contributed by atoms with van der Waals surface area (Å²) >= 11 is 0. The smallest absolute Gasteiger partial charge is 0.215 e. The number of ether oxygens (including phenoxy) is 1. The number of pyridine rings is 1. The third kappa shape index (κ3) is 4.07. The van der Waals surface area contributed by atoms with Gasteiger partial charge in [0.25, 0.3) is 0 Å². The van der Waals surface area contributed by atoms with E-state index in [1.54, 1.807) is 13.2 Å². The molecule has 0 bridgehead atoms. The van der Waals surface area contributed by atoms with Gasteiger partial charge < -0.3 is 20.3 Å². The molecule has 1 aromatic heterocycles. The van der Waals surface area contributed by atoms with Gasteiger partial charge in [0.15, 0.2) is 5.82 Å². The van der Waals surface area contributed by atoms with Crippen LogP contribution < -0.4 is 15.4 Å². The third-order valence-electron chi connectivity index (χ3n) is 2.80. The summed E-state index contributed by atoms with van der Waals surface area (Å²) in [5, 5.41) is 0. The van der Waals surface area contributed by atoms with Crippen LogP contribution in [0.1, 0.15) is 13.3 Å². The van der Waals surface area contributed by atoms with E-state index in [-0.39, 0.29) is 0 Å². The predicted molar refractivity (Wildman–Crippen MR) is 76.3 cm³/mol. The Morgan fingerprint density at radius 3 is 2.56 bits per heavy atom. The van der Waals surface area contributed by atoms with E-state index in [1.807, 2.05) is 6.07 Å². The van der Waals surface area contributed by atoms with Gasteiger partial charge in [0.1, 0.15) is 0 Å². The summed E-state index contributed by atoms with van der Waals surface area (Å²) in [5.41, 5.74) is 6.68. The van der Waals surface area contributed by atoms with Gasteiger partial charge in [-0.1, -0.05) is 0 Å². The quantitative estimate of drug-likeness (QED) is 0.796. The molecule has 0 saturated carbocycles. The molecule has 2 N–H and O–H groups in total. The minimum Gasteiger partial charge on any atom is -0.481 e. The zero-order valence-electron chi connectivity index (χ0n) is 11.8. The van der Waals surface area contributed by atoms with Crippen LogP contribution in [0.4, 0.5) is 11.5 Å². The summed E-state index contributed by atoms with van der Waals surface area (Å²) in [7, 11) is 5.77. The van der Waals surface area contributed by atoms with E-state index in [4.69, 9.17) is 10.5 Å². The number of hydrogen-bond acceptors (Lipinski definition) is 5. The third-order valence-corrected chi connectivity index (χ3v) is 2.80. The highest BCUT2D eigenvalue weighted by molar-refractivity contribution is 5.63. The fourth-order valence-corrected chi connectivity index (χ4v) is 1.80. The van der Waals surface area contributed by atoms with E-state index in [2.05, 4.69) is 35.8 Å². The molecule has 0 amide bonds. The first-order valence-electron chi connectivity index (χ1n) is 6.28. The summed E-state index contributed by atoms with van der Waals surface area (Å²) in [5.74, 6) is 1.42. The number of nitrogen functional groups attached to an aromatic ring is 1. The summed E-state index contributed by atoms with van der Waals surface area (Å²) < 4.78 is 5.15. The molecule has 0 atom stereocenters. The molecule has 0 aliphatic heterocycles. The maximum atomic E-state index is 5.98. The maximum Gasteiger partial charge on any atom is 0.215 e. The van der Waals surface area contributed by atoms with Crippen molar-refractivity contribution in [1.29, 1.82) is 0 Å². The lowest BCUT2D eigenvalue weighted by atomic mass is 10.3. The van der Waals surface area contributed by atoms with Crippen molar-refractivity contribution < 1.29 is 4.74 Å². The molecule has 0 aliphatic carbocycles. The monoisotopic (exact) mass is 252 g/mol. The summed E-state index contributed by atoms with van der Waals surface area (Å²) in [6.45, 7) is 4.99. The molecule has 0 unspecified atom stereocenters. The molecule has 0 radical (unpaired) electrons. The highest BCUT2D eigenvalue weighted by Crippen LogP contribution is 2.23. The first kappa shape index (κ1) is 14.6. The van der Waals surface area contributed by atoms with Crippen molar-refractivity contribution in [3.05, 3.63) is 12.1 Å². The molecule has 1 heterocycles. The lowest BCUT2D eigenvalue weighted by Gasteiger charge is -2.24. The molecule has 0 spiro atoms. The maximum absolute atomic E-state index is 5.98. The van der Waals surface area contributed by atoms with Crippen LogP contribution in [0.2, 0.25) is 0 Å². The van der Waals surface area contributed by atoms with Crippen molar-refractivity contribution in [1.82, 2.24) is 9.88 Å². The number of hydrogen-bond donors (Lipinski definition) is 1. The van der Waals surface area contributed by atoms with Gasteiger partial charge in [-0.3, -0.25) is 0 Å². The molecular formula is C13H24N4O. The van der Waals surface area contributed by atoms with Crippen molar-refractivity contribution in [3.8, 4) is 5.88 Å². The summed E-state index contributed by atoms with van der Waals surface area (Å²) in [4.78, 5) is 8.78. The van der Waals surface area contributed by atoms with Crippen LogP contribution in [-0.4, -0.2) is 50.7 Å². The molecule has 0 aliphatic rings. The molecule has 0 saturated heterocycles. The molecule has 5 nitrogen and oxygen atoms in total. The van der Waals surface area contributed by atoms with Crippen LogP contribution >= 0.6 is 0 Å². The Hall–Kier alpha value is -1.49. The van der Waals surface area contributed by atoms with Crippen LogP contribution in [0.25, 0.3) is 0 Å². The fraction of sp³-hybridized carbons (Fsp3) is 0.615. The molecule has 1 aromatic rings. The first-order chi connectivity index (χ1) is 8.58. The number of nitrogens with two attached hydrogens (primary N) is 1. The minimum absolute atomic E-state index is 0.602. The second kappa shape index (κ2) is 7.06. The standard InChI is InChI=1S/C13H24N4O/c1-5-17(10-6-9-16(2)3)13-11(14)7-8-12(15-13)18-4/h7-8H,5-6,9-10,14H2,1-4H3. The molecule has 0 aromatic carbocycles. The molecule has 1 rings (SSSR count). The number of aromatic nitrogens is 1. The van der Waals surface area contributed by atoms with Gasteiger partial charge >= 0.3 is 0 Å². The van der Waals surface area contributed by atoms with Crippen LogP contribution in [0.3, 0.4) is 0 Å². The second-order valence-corrected chi connectivity index (χ2v) is 4.50. The lowest BCUT2D eigenvalue weighted by Crippen LogP contribution is -2.28. The van der Waals surface area contributed by atoms with Gasteiger partial charge in [-0.25, -0.2) is 0 Å². The zero-order valence-corrected chi connectivity index (χ0v) is 11.8. The molecule has 0 fully saturated rings. The molecule has 102 valence electrons. The van der Waals surface area contributed by atoms with E-state index in [0.717, 1.165) is 31.9 Å². The normalized spacial score (nSPS) is 10.7. The molecular weight excluding hydrogens is 228 g/mol. The average molecular weight is 252 g/mol. The zero-order chi connectivity index (χ0) is 13.5. The van der Waals surface area contributed by atoms with Gasteiger partial charge in [-0.2, -0.15) is 4.98 Å². The predicted octanol–water partition coefficient (Wildman–Crippen LogP) is 1.45. The Kier molecular flexibility index (Phi) is 5.71. The number of anilines is 2. The van der Waals surface area contributed by atoms with Crippen molar-refractivity contribution in [2.45, 2.75) is 13.3 Å². The average Bonchev–Trinajstić information content (AvgIpc) is 2.35. The van der Waals surface area contributed by atoms with Crippen molar-refractivity contribution in [3.63, 3.8) is 0 Å². The molecule has 5 heteroatoms. The van der Waals surface area contributed by atoms with E-state index in [1.165, 1.54) is 0 Å². The van der Waals surface area contributed by atoms with Gasteiger partial charge in [-0.15, -0.1) is 0 Å². The topological polar surface area (TPSA) is 54.6 Å². The second-order valence-electron chi connectivity index (χ2n) is 4.50. The van der Waals surface area contributed by atoms with Crippen LogP contribution in [-0.2, 0) is 0 Å². The Bertz CT molecular complexity index is 368. The Morgan fingerprint density at radius 1 is 1.28 bits per heavy atom. The van der Waals surface area contributed by atoms with Crippen molar-refractivity contribution >= 4 is 11.5 Å². The van der Waals surface area contributed by atoms with Gasteiger partial charge in [-0.05, 0) is 40.1 Å². The Balaban J connectivity index is 2.74. The van der Waals surface area contributed by atoms with E-state index in [0.29, 0.717) is 11.6 Å². The van der Waals surface area contributed by atoms with Gasteiger partial charge in [0.05, 0.1) is 12.8 Å². The minimum atomic E-state index is 0.602. The summed E-state index contributed by atoms with van der Waals surface area (Å²) in [6.07, 6.45) is 1.08. The Labute approximate surface area is 110 Å². The van der Waals surface area contributed by atoms with Crippen molar-refractivity contribution in [2.75, 3.05) is 51.5 Å². The van der Waals surface area contributed by atoms with Gasteiger partial charge in [0, 0.05) is 19.2 Å². The van der Waals surface area contributed by atoms with Crippen molar-refractivity contribution in [2.24, 2.45) is 0 Å². The lowest BCUT2D eigenvalue weighted by molar-refractivity contribution is 0.395. The highest BCUT2D eigenvalue weighted by atomic mass is 16.5. The van der Waals surface area contributed by atoms with E-state index < -0.39 is 0 Å². The Morgan fingerprint density at radius 2 is 2.00 bits per heavy atom. The number of rotatable bonds is 7.